The van der Waals surface area contributed by atoms with Gasteiger partial charge in [-0.2, -0.15) is 0 Å². The maximum atomic E-state index is 6.05. The highest BCUT2D eigenvalue weighted by Gasteiger charge is 2.30. The van der Waals surface area contributed by atoms with E-state index in [9.17, 15) is 0 Å². The fourth-order valence-corrected chi connectivity index (χ4v) is 3.40. The molecule has 2 rings (SSSR count). The number of thiophene rings is 1. The minimum Gasteiger partial charge on any atom is -0.323 e. The highest BCUT2D eigenvalue weighted by Crippen LogP contribution is 2.44. The summed E-state index contributed by atoms with van der Waals surface area (Å²) in [5.41, 5.74) is 6.05. The molecule has 74 valence electrons. The van der Waals surface area contributed by atoms with Gasteiger partial charge in [-0.05, 0) is 56.7 Å². The molecule has 0 saturated heterocycles. The molecule has 5 heteroatoms. The molecular weight excluding hydrogens is 337 g/mol. The molecule has 1 aromatic heterocycles. The quantitative estimate of drug-likeness (QED) is 0.856. The van der Waals surface area contributed by atoms with Gasteiger partial charge in [0.15, 0.2) is 0 Å². The summed E-state index contributed by atoms with van der Waals surface area (Å²) in [5.74, 6) is 0.738. The van der Waals surface area contributed by atoms with Crippen LogP contribution in [0.4, 0.5) is 0 Å². The van der Waals surface area contributed by atoms with Crippen molar-refractivity contribution in [3.05, 3.63) is 19.2 Å². The van der Waals surface area contributed by atoms with Crippen LogP contribution < -0.4 is 5.73 Å². The summed E-state index contributed by atoms with van der Waals surface area (Å²) >= 11 is 8.67. The van der Waals surface area contributed by atoms with Gasteiger partial charge in [0, 0.05) is 15.4 Å². The zero-order valence-corrected chi connectivity index (χ0v) is 11.6. The molecule has 1 heterocycles. The number of hydrogen-bond donors (Lipinski definition) is 1. The van der Waals surface area contributed by atoms with Crippen LogP contribution in [0.5, 0.6) is 0 Å². The second-order valence-electron chi connectivity index (χ2n) is 3.13. The Morgan fingerprint density at radius 2 is 2.08 bits per heavy atom. The molecule has 0 unspecified atom stereocenters. The fourth-order valence-electron chi connectivity index (χ4n) is 1.22. The Morgan fingerprint density at radius 3 is 2.46 bits per heavy atom. The van der Waals surface area contributed by atoms with Crippen molar-refractivity contribution < 1.29 is 0 Å². The molecule has 0 bridgehead atoms. The van der Waals surface area contributed by atoms with E-state index in [-0.39, 0.29) is 18.4 Å². The molecule has 1 fully saturated rings. The van der Waals surface area contributed by atoms with Crippen LogP contribution in [0.25, 0.3) is 0 Å². The Labute approximate surface area is 105 Å². The lowest BCUT2D eigenvalue weighted by atomic mass is 10.2. The molecule has 13 heavy (non-hydrogen) atoms. The van der Waals surface area contributed by atoms with Gasteiger partial charge in [-0.25, -0.2) is 0 Å². The van der Waals surface area contributed by atoms with E-state index in [4.69, 9.17) is 5.73 Å². The highest BCUT2D eigenvalue weighted by molar-refractivity contribution is 9.13. The van der Waals surface area contributed by atoms with Crippen molar-refractivity contribution in [2.45, 2.75) is 18.9 Å². The second-order valence-corrected chi connectivity index (χ2v) is 6.39. The molecule has 1 aliphatic carbocycles. The van der Waals surface area contributed by atoms with Gasteiger partial charge in [0.05, 0.1) is 3.79 Å². The monoisotopic (exact) mass is 345 g/mol. The van der Waals surface area contributed by atoms with Crippen molar-refractivity contribution in [2.24, 2.45) is 11.7 Å². The first-order chi connectivity index (χ1) is 5.68. The molecule has 0 aliphatic heterocycles. The molecule has 0 aromatic carbocycles. The fraction of sp³-hybridized carbons (Fsp3) is 0.500. The molecule has 1 nitrogen and oxygen atoms in total. The van der Waals surface area contributed by atoms with Crippen molar-refractivity contribution in [3.8, 4) is 0 Å². The van der Waals surface area contributed by atoms with E-state index in [0.29, 0.717) is 0 Å². The summed E-state index contributed by atoms with van der Waals surface area (Å²) in [5, 5.41) is 0. The van der Waals surface area contributed by atoms with Crippen LogP contribution in [-0.4, -0.2) is 0 Å². The highest BCUT2D eigenvalue weighted by atomic mass is 79.9. The van der Waals surface area contributed by atoms with Crippen LogP contribution in [0.3, 0.4) is 0 Å². The normalized spacial score (nSPS) is 18.1. The van der Waals surface area contributed by atoms with E-state index in [1.165, 1.54) is 17.7 Å². The van der Waals surface area contributed by atoms with Gasteiger partial charge >= 0.3 is 0 Å². The number of rotatable bonds is 2. The predicted molar refractivity (Wildman–Crippen MR) is 66.6 cm³/mol. The largest absolute Gasteiger partial charge is 0.323 e. The summed E-state index contributed by atoms with van der Waals surface area (Å²) in [6, 6.07) is 2.38. The van der Waals surface area contributed by atoms with Crippen LogP contribution in [0.2, 0.25) is 0 Å². The molecule has 1 aliphatic rings. The first-order valence-electron chi connectivity index (χ1n) is 3.89. The van der Waals surface area contributed by atoms with Gasteiger partial charge in [-0.15, -0.1) is 23.7 Å². The van der Waals surface area contributed by atoms with E-state index < -0.39 is 0 Å². The first-order valence-corrected chi connectivity index (χ1v) is 6.29. The predicted octanol–water partition coefficient (Wildman–Crippen LogP) is 4.10. The zero-order chi connectivity index (χ0) is 8.72. The van der Waals surface area contributed by atoms with E-state index in [2.05, 4.69) is 37.9 Å². The van der Waals surface area contributed by atoms with Gasteiger partial charge < -0.3 is 5.73 Å². The summed E-state index contributed by atoms with van der Waals surface area (Å²) in [7, 11) is 0. The third-order valence-electron chi connectivity index (χ3n) is 2.12. The van der Waals surface area contributed by atoms with Crippen molar-refractivity contribution in [1.29, 1.82) is 0 Å². The summed E-state index contributed by atoms with van der Waals surface area (Å²) < 4.78 is 2.27. The average molecular weight is 348 g/mol. The van der Waals surface area contributed by atoms with Gasteiger partial charge in [-0.1, -0.05) is 0 Å². The van der Waals surface area contributed by atoms with Gasteiger partial charge in [-0.3, -0.25) is 0 Å². The molecule has 2 N–H and O–H groups in total. The zero-order valence-electron chi connectivity index (χ0n) is 6.80. The first kappa shape index (κ1) is 12.0. The van der Waals surface area contributed by atoms with Gasteiger partial charge in [0.2, 0.25) is 0 Å². The molecule has 0 spiro atoms. The van der Waals surface area contributed by atoms with Crippen molar-refractivity contribution in [2.75, 3.05) is 0 Å². The summed E-state index contributed by atoms with van der Waals surface area (Å²) in [4.78, 5) is 1.29. The van der Waals surface area contributed by atoms with E-state index in [0.717, 1.165) is 14.2 Å². The minimum absolute atomic E-state index is 0. The molecule has 0 radical (unpaired) electrons. The maximum absolute atomic E-state index is 6.05. The molecule has 1 atom stereocenters. The van der Waals surface area contributed by atoms with E-state index >= 15 is 0 Å². The Morgan fingerprint density at radius 1 is 1.46 bits per heavy atom. The van der Waals surface area contributed by atoms with Crippen LogP contribution in [0.1, 0.15) is 23.8 Å². The lowest BCUT2D eigenvalue weighted by Gasteiger charge is -2.05. The Kier molecular flexibility index (Phi) is 4.26. The average Bonchev–Trinajstić information content (AvgIpc) is 2.80. The third-order valence-corrected chi connectivity index (χ3v) is 5.48. The lowest BCUT2D eigenvalue weighted by molar-refractivity contribution is 0.644. The minimum atomic E-state index is 0. The van der Waals surface area contributed by atoms with E-state index in [1.807, 2.05) is 0 Å². The SMILES string of the molecule is Cl.N[C@H](c1cc(Br)c(Br)s1)C1CC1. The molecule has 1 saturated carbocycles. The number of hydrogen-bond acceptors (Lipinski definition) is 2. The molecule has 0 amide bonds. The molecule has 1 aromatic rings. The number of halogens is 3. The number of nitrogens with two attached hydrogens (primary N) is 1. The smallest absolute Gasteiger partial charge is 0.0843 e. The second kappa shape index (κ2) is 4.62. The topological polar surface area (TPSA) is 26.0 Å². The van der Waals surface area contributed by atoms with Crippen molar-refractivity contribution in [3.63, 3.8) is 0 Å². The van der Waals surface area contributed by atoms with Crippen LogP contribution in [0.15, 0.2) is 14.3 Å². The van der Waals surface area contributed by atoms with E-state index in [1.54, 1.807) is 11.3 Å². The Balaban J connectivity index is 0.000000845. The van der Waals surface area contributed by atoms with Crippen LogP contribution in [-0.2, 0) is 0 Å². The van der Waals surface area contributed by atoms with Gasteiger partial charge in [0.1, 0.15) is 0 Å². The van der Waals surface area contributed by atoms with Crippen LogP contribution in [0, 0.1) is 5.92 Å². The van der Waals surface area contributed by atoms with Gasteiger partial charge in [0.25, 0.3) is 0 Å². The maximum Gasteiger partial charge on any atom is 0.0843 e. The standard InChI is InChI=1S/C8H9Br2NS.ClH/c9-5-3-6(12-8(5)10)7(11)4-1-2-4;/h3-4,7H,1-2,11H2;1H/t7-;/m0./s1. The Hall–Kier alpha value is 0.910. The van der Waals surface area contributed by atoms with Crippen molar-refractivity contribution >= 4 is 55.6 Å². The third kappa shape index (κ3) is 2.69. The lowest BCUT2D eigenvalue weighted by Crippen LogP contribution is -2.10. The molecular formula is C8H10Br2ClNS. The van der Waals surface area contributed by atoms with Crippen LogP contribution >= 0.6 is 55.6 Å². The Bertz CT molecular complexity index is 279. The summed E-state index contributed by atoms with van der Waals surface area (Å²) in [6.45, 7) is 0. The van der Waals surface area contributed by atoms with Crippen molar-refractivity contribution in [1.82, 2.24) is 0 Å². The summed E-state index contributed by atoms with van der Waals surface area (Å²) in [6.07, 6.45) is 2.60.